The van der Waals surface area contributed by atoms with Crippen molar-refractivity contribution in [1.82, 2.24) is 0 Å². The molecule has 0 aliphatic heterocycles. The third-order valence-electron chi connectivity index (χ3n) is 3.52. The normalized spacial score (nSPS) is 11.2. The lowest BCUT2D eigenvalue weighted by Gasteiger charge is -2.19. The van der Waals surface area contributed by atoms with Crippen LogP contribution in [-0.2, 0) is 5.41 Å². The quantitative estimate of drug-likeness (QED) is 0.860. The van der Waals surface area contributed by atoms with E-state index in [0.29, 0.717) is 16.9 Å². The number of ether oxygens (including phenoxy) is 1. The first-order valence-electron chi connectivity index (χ1n) is 6.84. The smallest absolute Gasteiger partial charge is 0.165 e. The fraction of sp³-hybridized carbons (Fsp3) is 0.278. The fourth-order valence-electron chi connectivity index (χ4n) is 2.22. The molecule has 0 radical (unpaired) electrons. The molecule has 110 valence electrons. The van der Waals surface area contributed by atoms with Gasteiger partial charge in [0.2, 0.25) is 0 Å². The van der Waals surface area contributed by atoms with Crippen molar-refractivity contribution in [2.75, 3.05) is 7.11 Å². The van der Waals surface area contributed by atoms with Gasteiger partial charge in [-0.15, -0.1) is 0 Å². The van der Waals surface area contributed by atoms with Crippen LogP contribution < -0.4 is 4.74 Å². The lowest BCUT2D eigenvalue weighted by molar-refractivity contribution is 0.112. The molecule has 0 unspecified atom stereocenters. The van der Waals surface area contributed by atoms with Gasteiger partial charge >= 0.3 is 0 Å². The van der Waals surface area contributed by atoms with Crippen molar-refractivity contribution in [3.8, 4) is 22.6 Å². The van der Waals surface area contributed by atoms with Crippen LogP contribution in [0.5, 0.6) is 11.5 Å². The van der Waals surface area contributed by atoms with E-state index in [1.54, 1.807) is 6.07 Å². The van der Waals surface area contributed by atoms with Crippen LogP contribution in [0.4, 0.5) is 0 Å². The van der Waals surface area contributed by atoms with Gasteiger partial charge in [0, 0.05) is 11.1 Å². The Kier molecular flexibility index (Phi) is 4.03. The van der Waals surface area contributed by atoms with Gasteiger partial charge in [0.1, 0.15) is 6.29 Å². The number of phenolic OH excluding ortho intramolecular Hbond substituents is 1. The number of aldehydes is 1. The number of rotatable bonds is 3. The van der Waals surface area contributed by atoms with Crippen LogP contribution in [0.25, 0.3) is 11.1 Å². The van der Waals surface area contributed by atoms with Crippen molar-refractivity contribution in [3.05, 3.63) is 47.5 Å². The maximum absolute atomic E-state index is 11.0. The van der Waals surface area contributed by atoms with Crippen LogP contribution in [0.2, 0.25) is 0 Å². The number of benzene rings is 2. The summed E-state index contributed by atoms with van der Waals surface area (Å²) >= 11 is 0. The Labute approximate surface area is 125 Å². The standard InChI is InChI=1S/C18H20O3/c1-18(2,3)14-7-5-13(6-8-14)15-9-12(11-19)10-16(21-4)17(15)20/h5-11,20H,1-4H3. The first kappa shape index (κ1) is 15.1. The summed E-state index contributed by atoms with van der Waals surface area (Å²) in [5.41, 5.74) is 3.20. The zero-order valence-electron chi connectivity index (χ0n) is 12.8. The lowest BCUT2D eigenvalue weighted by Crippen LogP contribution is -2.10. The van der Waals surface area contributed by atoms with Gasteiger partial charge in [-0.05, 0) is 28.7 Å². The van der Waals surface area contributed by atoms with Gasteiger partial charge in [-0.1, -0.05) is 45.0 Å². The van der Waals surface area contributed by atoms with Gasteiger partial charge in [-0.3, -0.25) is 4.79 Å². The fourth-order valence-corrected chi connectivity index (χ4v) is 2.22. The molecule has 0 aliphatic carbocycles. The molecule has 0 atom stereocenters. The predicted molar refractivity (Wildman–Crippen MR) is 84.2 cm³/mol. The van der Waals surface area contributed by atoms with Crippen LogP contribution in [-0.4, -0.2) is 18.5 Å². The van der Waals surface area contributed by atoms with Crippen molar-refractivity contribution in [2.24, 2.45) is 0 Å². The van der Waals surface area contributed by atoms with Gasteiger partial charge in [0.05, 0.1) is 7.11 Å². The van der Waals surface area contributed by atoms with E-state index in [2.05, 4.69) is 20.8 Å². The summed E-state index contributed by atoms with van der Waals surface area (Å²) in [5, 5.41) is 10.3. The Morgan fingerprint density at radius 1 is 1.10 bits per heavy atom. The molecular formula is C18H20O3. The minimum absolute atomic E-state index is 0.0478. The molecule has 0 saturated heterocycles. The molecule has 2 aromatic carbocycles. The molecule has 21 heavy (non-hydrogen) atoms. The predicted octanol–water partition coefficient (Wildman–Crippen LogP) is 4.18. The zero-order valence-corrected chi connectivity index (χ0v) is 12.8. The summed E-state index contributed by atoms with van der Waals surface area (Å²) in [6.45, 7) is 6.44. The Bertz CT molecular complexity index is 649. The van der Waals surface area contributed by atoms with E-state index in [9.17, 15) is 9.90 Å². The second kappa shape index (κ2) is 5.60. The summed E-state index contributed by atoms with van der Waals surface area (Å²) in [4.78, 5) is 11.0. The largest absolute Gasteiger partial charge is 0.504 e. The molecule has 0 spiro atoms. The maximum atomic E-state index is 11.0. The molecule has 0 bridgehead atoms. The molecule has 0 aromatic heterocycles. The summed E-state index contributed by atoms with van der Waals surface area (Å²) < 4.78 is 5.12. The first-order valence-corrected chi connectivity index (χ1v) is 6.84. The third-order valence-corrected chi connectivity index (χ3v) is 3.52. The SMILES string of the molecule is COc1cc(C=O)cc(-c2ccc(C(C)(C)C)cc2)c1O. The number of hydrogen-bond donors (Lipinski definition) is 1. The lowest BCUT2D eigenvalue weighted by atomic mass is 9.86. The van der Waals surface area contributed by atoms with E-state index >= 15 is 0 Å². The van der Waals surface area contributed by atoms with Crippen molar-refractivity contribution >= 4 is 6.29 Å². The van der Waals surface area contributed by atoms with E-state index < -0.39 is 0 Å². The van der Waals surface area contributed by atoms with Crippen LogP contribution in [0.1, 0.15) is 36.7 Å². The molecule has 0 heterocycles. The van der Waals surface area contributed by atoms with E-state index in [0.717, 1.165) is 11.8 Å². The van der Waals surface area contributed by atoms with Crippen molar-refractivity contribution < 1.29 is 14.6 Å². The summed E-state index contributed by atoms with van der Waals surface area (Å²) in [5.74, 6) is 0.348. The Hall–Kier alpha value is -2.29. The number of aromatic hydroxyl groups is 1. The van der Waals surface area contributed by atoms with Gasteiger partial charge in [0.25, 0.3) is 0 Å². The van der Waals surface area contributed by atoms with Crippen molar-refractivity contribution in [2.45, 2.75) is 26.2 Å². The minimum Gasteiger partial charge on any atom is -0.504 e. The maximum Gasteiger partial charge on any atom is 0.165 e. The summed E-state index contributed by atoms with van der Waals surface area (Å²) in [6.07, 6.45) is 0.745. The molecule has 0 fully saturated rings. The highest BCUT2D eigenvalue weighted by molar-refractivity contribution is 5.84. The van der Waals surface area contributed by atoms with E-state index in [4.69, 9.17) is 4.74 Å². The highest BCUT2D eigenvalue weighted by Gasteiger charge is 2.15. The van der Waals surface area contributed by atoms with Crippen molar-refractivity contribution in [1.29, 1.82) is 0 Å². The van der Waals surface area contributed by atoms with Gasteiger partial charge in [0.15, 0.2) is 11.5 Å². The first-order chi connectivity index (χ1) is 9.86. The van der Waals surface area contributed by atoms with Gasteiger partial charge in [-0.25, -0.2) is 0 Å². The molecule has 3 nitrogen and oxygen atoms in total. The third kappa shape index (κ3) is 3.07. The summed E-state index contributed by atoms with van der Waals surface area (Å²) in [7, 11) is 1.47. The van der Waals surface area contributed by atoms with E-state index in [1.807, 2.05) is 24.3 Å². The molecule has 0 aliphatic rings. The molecule has 0 amide bonds. The molecule has 0 saturated carbocycles. The Balaban J connectivity index is 2.53. The molecule has 3 heteroatoms. The summed E-state index contributed by atoms with van der Waals surface area (Å²) in [6, 6.07) is 11.2. The average molecular weight is 284 g/mol. The van der Waals surface area contributed by atoms with Crippen LogP contribution >= 0.6 is 0 Å². The second-order valence-corrected chi connectivity index (χ2v) is 6.06. The molecule has 1 N–H and O–H groups in total. The number of carbonyl (C=O) groups excluding carboxylic acids is 1. The number of methoxy groups -OCH3 is 1. The highest BCUT2D eigenvalue weighted by Crippen LogP contribution is 2.38. The topological polar surface area (TPSA) is 46.5 Å². The minimum atomic E-state index is 0.0478. The van der Waals surface area contributed by atoms with Gasteiger partial charge < -0.3 is 9.84 Å². The van der Waals surface area contributed by atoms with Gasteiger partial charge in [-0.2, -0.15) is 0 Å². The monoisotopic (exact) mass is 284 g/mol. The average Bonchev–Trinajstić information content (AvgIpc) is 2.47. The number of carbonyl (C=O) groups is 1. The molecular weight excluding hydrogens is 264 g/mol. The Morgan fingerprint density at radius 2 is 1.71 bits per heavy atom. The van der Waals surface area contributed by atoms with E-state index in [1.165, 1.54) is 18.7 Å². The van der Waals surface area contributed by atoms with Crippen LogP contribution in [0, 0.1) is 0 Å². The van der Waals surface area contributed by atoms with Crippen LogP contribution in [0.3, 0.4) is 0 Å². The number of hydrogen-bond acceptors (Lipinski definition) is 3. The van der Waals surface area contributed by atoms with Crippen LogP contribution in [0.15, 0.2) is 36.4 Å². The van der Waals surface area contributed by atoms with Crippen molar-refractivity contribution in [3.63, 3.8) is 0 Å². The zero-order chi connectivity index (χ0) is 15.6. The second-order valence-electron chi connectivity index (χ2n) is 6.06. The molecule has 2 aromatic rings. The molecule has 2 rings (SSSR count). The number of phenols is 1. The van der Waals surface area contributed by atoms with E-state index in [-0.39, 0.29) is 11.2 Å². The Morgan fingerprint density at radius 3 is 2.19 bits per heavy atom. The highest BCUT2D eigenvalue weighted by atomic mass is 16.5.